The lowest BCUT2D eigenvalue weighted by atomic mass is 9.83. The SMILES string of the molecule is CC1(c2ccc(-c3ccc(C4CCCCC4)cc3)cc2)OC(=O)C(O)=C1O. The molecular weight excluding hydrogens is 340 g/mol. The van der Waals surface area contributed by atoms with Gasteiger partial charge in [-0.2, -0.15) is 0 Å². The Morgan fingerprint density at radius 1 is 0.889 bits per heavy atom. The van der Waals surface area contributed by atoms with Crippen LogP contribution < -0.4 is 0 Å². The van der Waals surface area contributed by atoms with Gasteiger partial charge in [0.05, 0.1) is 0 Å². The highest BCUT2D eigenvalue weighted by molar-refractivity contribution is 5.90. The number of hydrogen-bond acceptors (Lipinski definition) is 4. The molecule has 0 radical (unpaired) electrons. The molecule has 0 amide bonds. The first-order valence-electron chi connectivity index (χ1n) is 9.56. The highest BCUT2D eigenvalue weighted by atomic mass is 16.6. The number of aliphatic hydroxyl groups excluding tert-OH is 2. The van der Waals surface area contributed by atoms with E-state index in [1.165, 1.54) is 37.7 Å². The second kappa shape index (κ2) is 6.76. The van der Waals surface area contributed by atoms with Gasteiger partial charge in [-0.05, 0) is 42.4 Å². The van der Waals surface area contributed by atoms with Crippen molar-refractivity contribution in [1.29, 1.82) is 0 Å². The third-order valence-corrected chi connectivity index (χ3v) is 5.92. The molecule has 2 aromatic rings. The van der Waals surface area contributed by atoms with Gasteiger partial charge in [-0.15, -0.1) is 0 Å². The molecule has 27 heavy (non-hydrogen) atoms. The fourth-order valence-electron chi connectivity index (χ4n) is 4.16. The molecule has 1 atom stereocenters. The maximum Gasteiger partial charge on any atom is 0.378 e. The van der Waals surface area contributed by atoms with Crippen molar-refractivity contribution < 1.29 is 19.7 Å². The molecule has 2 aromatic carbocycles. The van der Waals surface area contributed by atoms with Gasteiger partial charge in [0.2, 0.25) is 5.76 Å². The van der Waals surface area contributed by atoms with E-state index in [2.05, 4.69) is 24.3 Å². The van der Waals surface area contributed by atoms with Crippen molar-refractivity contribution in [1.82, 2.24) is 0 Å². The van der Waals surface area contributed by atoms with Crippen LogP contribution in [0.1, 0.15) is 56.1 Å². The summed E-state index contributed by atoms with van der Waals surface area (Å²) in [5, 5.41) is 19.6. The molecule has 4 rings (SSSR count). The predicted octanol–water partition coefficient (Wildman–Crippen LogP) is 5.50. The third kappa shape index (κ3) is 3.09. The van der Waals surface area contributed by atoms with Crippen LogP contribution in [0.4, 0.5) is 0 Å². The first-order valence-corrected chi connectivity index (χ1v) is 9.56. The standard InChI is InChI=1S/C23H24O4/c1-23(21(25)20(24)22(26)27-23)19-13-11-18(12-14-19)17-9-7-16(8-10-17)15-5-3-2-4-6-15/h7-15,24-25H,2-6H2,1H3. The van der Waals surface area contributed by atoms with Crippen LogP contribution in [0.25, 0.3) is 11.1 Å². The van der Waals surface area contributed by atoms with Gasteiger partial charge in [-0.3, -0.25) is 0 Å². The normalized spacial score (nSPS) is 23.5. The molecule has 0 bridgehead atoms. The summed E-state index contributed by atoms with van der Waals surface area (Å²) in [6.45, 7) is 1.57. The summed E-state index contributed by atoms with van der Waals surface area (Å²) in [4.78, 5) is 11.5. The van der Waals surface area contributed by atoms with E-state index in [0.29, 0.717) is 11.5 Å². The van der Waals surface area contributed by atoms with Gasteiger partial charge in [0.1, 0.15) is 0 Å². The largest absolute Gasteiger partial charge is 0.505 e. The Hall–Kier alpha value is -2.75. The third-order valence-electron chi connectivity index (χ3n) is 5.92. The molecule has 0 aromatic heterocycles. The van der Waals surface area contributed by atoms with Crippen LogP contribution in [0, 0.1) is 0 Å². The molecule has 4 heteroatoms. The zero-order valence-electron chi connectivity index (χ0n) is 15.4. The van der Waals surface area contributed by atoms with Gasteiger partial charge in [0.15, 0.2) is 11.4 Å². The molecule has 2 N–H and O–H groups in total. The van der Waals surface area contributed by atoms with Crippen LogP contribution in [0.3, 0.4) is 0 Å². The Bertz CT molecular complexity index is 874. The molecule has 4 nitrogen and oxygen atoms in total. The van der Waals surface area contributed by atoms with Gasteiger partial charge < -0.3 is 14.9 Å². The second-order valence-electron chi connectivity index (χ2n) is 7.65. The summed E-state index contributed by atoms with van der Waals surface area (Å²) in [5.74, 6) is -1.39. The second-order valence-corrected chi connectivity index (χ2v) is 7.65. The fraction of sp³-hybridized carbons (Fsp3) is 0.348. The van der Waals surface area contributed by atoms with Gasteiger partial charge in [-0.25, -0.2) is 4.79 Å². The smallest absolute Gasteiger partial charge is 0.378 e. The number of esters is 1. The van der Waals surface area contributed by atoms with Crippen LogP contribution in [0.15, 0.2) is 60.0 Å². The summed E-state index contributed by atoms with van der Waals surface area (Å²) >= 11 is 0. The minimum atomic E-state index is -1.34. The minimum Gasteiger partial charge on any atom is -0.505 e. The molecule has 1 heterocycles. The van der Waals surface area contributed by atoms with Crippen molar-refractivity contribution in [2.45, 2.75) is 50.5 Å². The highest BCUT2D eigenvalue weighted by Gasteiger charge is 2.46. The van der Waals surface area contributed by atoms with E-state index in [1.54, 1.807) is 6.92 Å². The van der Waals surface area contributed by atoms with E-state index in [4.69, 9.17) is 4.74 Å². The zero-order valence-corrected chi connectivity index (χ0v) is 15.4. The van der Waals surface area contributed by atoms with Crippen LogP contribution in [0.2, 0.25) is 0 Å². The molecule has 1 aliphatic carbocycles. The van der Waals surface area contributed by atoms with Crippen LogP contribution >= 0.6 is 0 Å². The van der Waals surface area contributed by atoms with Crippen molar-refractivity contribution in [3.05, 3.63) is 71.2 Å². The molecule has 1 aliphatic heterocycles. The lowest BCUT2D eigenvalue weighted by Gasteiger charge is -2.23. The number of aliphatic hydroxyl groups is 2. The summed E-state index contributed by atoms with van der Waals surface area (Å²) in [6, 6.07) is 16.3. The molecule has 140 valence electrons. The van der Waals surface area contributed by atoms with Crippen molar-refractivity contribution in [3.63, 3.8) is 0 Å². The Labute approximate surface area is 159 Å². The van der Waals surface area contributed by atoms with Crippen LogP contribution in [-0.4, -0.2) is 16.2 Å². The summed E-state index contributed by atoms with van der Waals surface area (Å²) < 4.78 is 5.17. The molecule has 1 saturated carbocycles. The number of rotatable bonds is 3. The molecule has 2 aliphatic rings. The Kier molecular flexibility index (Phi) is 4.42. The number of carbonyl (C=O) groups is 1. The maximum atomic E-state index is 11.5. The van der Waals surface area contributed by atoms with E-state index >= 15 is 0 Å². The van der Waals surface area contributed by atoms with Crippen molar-refractivity contribution >= 4 is 5.97 Å². The topological polar surface area (TPSA) is 66.8 Å². The van der Waals surface area contributed by atoms with E-state index < -0.39 is 23.1 Å². The molecule has 1 unspecified atom stereocenters. The summed E-state index contributed by atoms with van der Waals surface area (Å²) in [6.07, 6.45) is 6.59. The van der Waals surface area contributed by atoms with E-state index in [-0.39, 0.29) is 0 Å². The van der Waals surface area contributed by atoms with Gasteiger partial charge in [-0.1, -0.05) is 67.8 Å². The molecule has 0 spiro atoms. The number of benzene rings is 2. The Balaban J connectivity index is 1.55. The molecule has 0 saturated heterocycles. The first-order chi connectivity index (χ1) is 13.0. The van der Waals surface area contributed by atoms with Crippen molar-refractivity contribution in [2.24, 2.45) is 0 Å². The number of hydrogen-bond donors (Lipinski definition) is 2. The van der Waals surface area contributed by atoms with E-state index in [0.717, 1.165) is 11.1 Å². The van der Waals surface area contributed by atoms with Crippen LogP contribution in [-0.2, 0) is 15.1 Å². The monoisotopic (exact) mass is 364 g/mol. The van der Waals surface area contributed by atoms with Gasteiger partial charge in [0.25, 0.3) is 0 Å². The fourth-order valence-corrected chi connectivity index (χ4v) is 4.16. The average molecular weight is 364 g/mol. The summed E-state index contributed by atoms with van der Waals surface area (Å²) in [7, 11) is 0. The number of ether oxygens (including phenoxy) is 1. The van der Waals surface area contributed by atoms with E-state index in [1.807, 2.05) is 24.3 Å². The predicted molar refractivity (Wildman–Crippen MR) is 103 cm³/mol. The van der Waals surface area contributed by atoms with Crippen LogP contribution in [0.5, 0.6) is 0 Å². The lowest BCUT2D eigenvalue weighted by Crippen LogP contribution is -2.25. The first kappa shape index (κ1) is 17.7. The van der Waals surface area contributed by atoms with Gasteiger partial charge in [0, 0.05) is 5.56 Å². The number of cyclic esters (lactones) is 1. The van der Waals surface area contributed by atoms with Crippen molar-refractivity contribution in [2.75, 3.05) is 0 Å². The summed E-state index contributed by atoms with van der Waals surface area (Å²) in [5.41, 5.74) is 2.86. The maximum absolute atomic E-state index is 11.5. The Morgan fingerprint density at radius 3 is 1.96 bits per heavy atom. The highest BCUT2D eigenvalue weighted by Crippen LogP contribution is 2.39. The van der Waals surface area contributed by atoms with E-state index in [9.17, 15) is 15.0 Å². The quantitative estimate of drug-likeness (QED) is 0.706. The Morgan fingerprint density at radius 2 is 1.44 bits per heavy atom. The lowest BCUT2D eigenvalue weighted by molar-refractivity contribution is -0.149. The molecule has 1 fully saturated rings. The number of carbonyl (C=O) groups excluding carboxylic acids is 1. The minimum absolute atomic E-state index is 0.447. The van der Waals surface area contributed by atoms with Gasteiger partial charge >= 0.3 is 5.97 Å². The van der Waals surface area contributed by atoms with Crippen molar-refractivity contribution in [3.8, 4) is 11.1 Å². The average Bonchev–Trinajstić information content (AvgIpc) is 2.92. The molecular formula is C23H24O4. The zero-order chi connectivity index (χ0) is 19.0.